The summed E-state index contributed by atoms with van der Waals surface area (Å²) in [5.41, 5.74) is 4.71. The van der Waals surface area contributed by atoms with Gasteiger partial charge >= 0.3 is 12.1 Å². The number of unbranched alkanes of at least 4 members (excludes halogenated alkanes) is 1. The van der Waals surface area contributed by atoms with E-state index >= 15 is 0 Å². The highest BCUT2D eigenvalue weighted by Crippen LogP contribution is 2.44. The van der Waals surface area contributed by atoms with Crippen molar-refractivity contribution in [2.45, 2.75) is 36.1 Å². The summed E-state index contributed by atoms with van der Waals surface area (Å²) in [6.45, 7) is 0.194. The zero-order chi connectivity index (χ0) is 28.1. The highest BCUT2D eigenvalue weighted by molar-refractivity contribution is 7.89. The fourth-order valence-electron chi connectivity index (χ4n) is 5.09. The number of amides is 1. The van der Waals surface area contributed by atoms with Gasteiger partial charge in [0.15, 0.2) is 0 Å². The molecule has 5 rings (SSSR count). The lowest BCUT2D eigenvalue weighted by Crippen LogP contribution is -2.41. The minimum Gasteiger partial charge on any atom is -0.480 e. The van der Waals surface area contributed by atoms with Crippen LogP contribution in [0.2, 0.25) is 0 Å². The van der Waals surface area contributed by atoms with E-state index in [1.165, 1.54) is 12.3 Å². The van der Waals surface area contributed by atoms with Crippen LogP contribution in [0.4, 0.5) is 4.79 Å². The van der Waals surface area contributed by atoms with Gasteiger partial charge in [-0.25, -0.2) is 22.7 Å². The number of nitrogens with one attached hydrogen (secondary N) is 2. The molecule has 1 heterocycles. The Morgan fingerprint density at radius 2 is 1.57 bits per heavy atom. The lowest BCUT2D eigenvalue weighted by atomic mass is 9.98. The van der Waals surface area contributed by atoms with Crippen molar-refractivity contribution < 1.29 is 27.9 Å². The zero-order valence-corrected chi connectivity index (χ0v) is 22.4. The quantitative estimate of drug-likeness (QED) is 0.227. The summed E-state index contributed by atoms with van der Waals surface area (Å²) in [4.78, 5) is 28.6. The van der Waals surface area contributed by atoms with Crippen molar-refractivity contribution >= 4 is 33.0 Å². The largest absolute Gasteiger partial charge is 0.480 e. The molecule has 1 amide bonds. The Balaban J connectivity index is 1.11. The number of alkyl carbamates (subject to hydrolysis) is 1. The fourth-order valence-corrected chi connectivity index (χ4v) is 6.34. The molecule has 40 heavy (non-hydrogen) atoms. The SMILES string of the molecule is O=C(N[C@@H](CCCCNS(=O)(=O)c1cccc2cccnc12)C(=O)O)OCC1c2ccccc2-c2ccccc21. The molecule has 0 saturated heterocycles. The molecule has 1 aliphatic carbocycles. The Morgan fingerprint density at radius 3 is 2.27 bits per heavy atom. The second-order valence-electron chi connectivity index (χ2n) is 9.59. The van der Waals surface area contributed by atoms with E-state index in [0.717, 1.165) is 22.3 Å². The van der Waals surface area contributed by atoms with Gasteiger partial charge in [0.25, 0.3) is 0 Å². The number of fused-ring (bicyclic) bond motifs is 4. The second-order valence-corrected chi connectivity index (χ2v) is 11.3. The molecular formula is C30H29N3O6S. The summed E-state index contributed by atoms with van der Waals surface area (Å²) in [6, 6.07) is 23.2. The van der Waals surface area contributed by atoms with Crippen molar-refractivity contribution in [3.05, 3.63) is 96.2 Å². The van der Waals surface area contributed by atoms with Crippen molar-refractivity contribution in [1.29, 1.82) is 0 Å². The first kappa shape index (κ1) is 27.3. The van der Waals surface area contributed by atoms with Crippen LogP contribution in [-0.2, 0) is 19.6 Å². The van der Waals surface area contributed by atoms with E-state index in [1.54, 1.807) is 24.3 Å². The van der Waals surface area contributed by atoms with Crippen molar-refractivity contribution in [1.82, 2.24) is 15.0 Å². The maximum absolute atomic E-state index is 12.8. The molecule has 0 fully saturated rings. The van der Waals surface area contributed by atoms with E-state index in [1.807, 2.05) is 48.5 Å². The predicted octanol–water partition coefficient (Wildman–Crippen LogP) is 4.68. The van der Waals surface area contributed by atoms with Gasteiger partial charge in [0.2, 0.25) is 10.0 Å². The first-order valence-electron chi connectivity index (χ1n) is 13.0. The summed E-state index contributed by atoms with van der Waals surface area (Å²) in [7, 11) is -3.80. The summed E-state index contributed by atoms with van der Waals surface area (Å²) < 4.78 is 33.6. The maximum atomic E-state index is 12.8. The van der Waals surface area contributed by atoms with E-state index in [2.05, 4.69) is 15.0 Å². The number of ether oxygens (including phenoxy) is 1. The summed E-state index contributed by atoms with van der Waals surface area (Å²) >= 11 is 0. The molecule has 1 aliphatic rings. The third kappa shape index (κ3) is 5.83. The minimum atomic E-state index is -3.80. The van der Waals surface area contributed by atoms with Crippen LogP contribution in [0.25, 0.3) is 22.0 Å². The van der Waals surface area contributed by atoms with Gasteiger partial charge in [-0.3, -0.25) is 4.98 Å². The standard InChI is InChI=1S/C30H29N3O6S/c34-29(35)26(15-5-6-18-32-40(37,38)27-16-7-9-20-10-8-17-31-28(20)27)33-30(36)39-19-25-23-13-3-1-11-21(23)22-12-2-4-14-24(22)25/h1-4,7-14,16-17,25-26,32H,5-6,15,18-19H2,(H,33,36)(H,34,35)/t26-/m0/s1. The van der Waals surface area contributed by atoms with E-state index in [9.17, 15) is 23.1 Å². The lowest BCUT2D eigenvalue weighted by Gasteiger charge is -2.17. The third-order valence-electron chi connectivity index (χ3n) is 7.03. The van der Waals surface area contributed by atoms with Crippen molar-refractivity contribution in [3.63, 3.8) is 0 Å². The Labute approximate surface area is 232 Å². The van der Waals surface area contributed by atoms with Crippen LogP contribution in [-0.4, -0.2) is 49.8 Å². The molecule has 3 N–H and O–H groups in total. The van der Waals surface area contributed by atoms with E-state index in [-0.39, 0.29) is 30.4 Å². The second kappa shape index (κ2) is 11.8. The molecule has 0 aliphatic heterocycles. The number of carboxylic acid groups (broad SMARTS) is 1. The first-order chi connectivity index (χ1) is 19.3. The number of aromatic nitrogens is 1. The van der Waals surface area contributed by atoms with Crippen LogP contribution < -0.4 is 10.0 Å². The Bertz CT molecular complexity index is 1610. The van der Waals surface area contributed by atoms with Gasteiger partial charge in [0.05, 0.1) is 5.52 Å². The molecule has 1 atom stereocenters. The van der Waals surface area contributed by atoms with Gasteiger partial charge < -0.3 is 15.2 Å². The smallest absolute Gasteiger partial charge is 0.407 e. The Hall–Kier alpha value is -4.28. The van der Waals surface area contributed by atoms with Crippen molar-refractivity contribution in [2.75, 3.05) is 13.2 Å². The topological polar surface area (TPSA) is 135 Å². The fraction of sp³-hybridized carbons (Fsp3) is 0.233. The normalized spacial score (nSPS) is 13.4. The van der Waals surface area contributed by atoms with Crippen LogP contribution in [0.3, 0.4) is 0 Å². The highest BCUT2D eigenvalue weighted by Gasteiger charge is 2.29. The molecule has 1 aromatic heterocycles. The Morgan fingerprint density at radius 1 is 0.900 bits per heavy atom. The number of para-hydroxylation sites is 1. The number of carbonyl (C=O) groups is 2. The number of aliphatic carboxylic acids is 1. The molecule has 9 nitrogen and oxygen atoms in total. The molecular weight excluding hydrogens is 530 g/mol. The molecule has 0 saturated carbocycles. The number of sulfonamides is 1. The molecule has 0 spiro atoms. The lowest BCUT2D eigenvalue weighted by molar-refractivity contribution is -0.139. The van der Waals surface area contributed by atoms with Crippen LogP contribution in [0.15, 0.2) is 90.0 Å². The third-order valence-corrected chi connectivity index (χ3v) is 8.52. The maximum Gasteiger partial charge on any atom is 0.407 e. The van der Waals surface area contributed by atoms with Gasteiger partial charge in [0, 0.05) is 24.0 Å². The van der Waals surface area contributed by atoms with E-state index in [0.29, 0.717) is 23.7 Å². The first-order valence-corrected chi connectivity index (χ1v) is 14.5. The average Bonchev–Trinajstić information content (AvgIpc) is 3.28. The molecule has 0 radical (unpaired) electrons. The monoisotopic (exact) mass is 559 g/mol. The minimum absolute atomic E-state index is 0.0804. The molecule has 4 aromatic rings. The molecule has 206 valence electrons. The average molecular weight is 560 g/mol. The number of carboxylic acids is 1. The van der Waals surface area contributed by atoms with Gasteiger partial charge in [-0.1, -0.05) is 66.7 Å². The zero-order valence-electron chi connectivity index (χ0n) is 21.6. The number of hydrogen-bond donors (Lipinski definition) is 3. The number of nitrogens with zero attached hydrogens (tertiary/aromatic N) is 1. The van der Waals surface area contributed by atoms with Gasteiger partial charge in [-0.15, -0.1) is 0 Å². The summed E-state index contributed by atoms with van der Waals surface area (Å²) in [5.74, 6) is -1.32. The molecule has 10 heteroatoms. The molecule has 0 unspecified atom stereocenters. The number of benzene rings is 3. The van der Waals surface area contributed by atoms with E-state index < -0.39 is 28.1 Å². The number of carbonyl (C=O) groups excluding carboxylic acids is 1. The van der Waals surface area contributed by atoms with Gasteiger partial charge in [-0.05, 0) is 53.6 Å². The number of pyridine rings is 1. The molecule has 3 aromatic carbocycles. The van der Waals surface area contributed by atoms with Crippen LogP contribution >= 0.6 is 0 Å². The predicted molar refractivity (Wildman–Crippen MR) is 150 cm³/mol. The van der Waals surface area contributed by atoms with Crippen LogP contribution in [0.1, 0.15) is 36.3 Å². The van der Waals surface area contributed by atoms with Gasteiger partial charge in [0.1, 0.15) is 17.5 Å². The molecule has 0 bridgehead atoms. The van der Waals surface area contributed by atoms with Crippen LogP contribution in [0.5, 0.6) is 0 Å². The van der Waals surface area contributed by atoms with Crippen molar-refractivity contribution in [3.8, 4) is 11.1 Å². The van der Waals surface area contributed by atoms with Crippen molar-refractivity contribution in [2.24, 2.45) is 0 Å². The number of rotatable bonds is 11. The van der Waals surface area contributed by atoms with Gasteiger partial charge in [-0.2, -0.15) is 0 Å². The summed E-state index contributed by atoms with van der Waals surface area (Å²) in [6.07, 6.45) is 1.61. The number of hydrogen-bond acceptors (Lipinski definition) is 6. The summed E-state index contributed by atoms with van der Waals surface area (Å²) in [5, 5.41) is 12.8. The Kier molecular flexibility index (Phi) is 8.09. The highest BCUT2D eigenvalue weighted by atomic mass is 32.2. The van der Waals surface area contributed by atoms with E-state index in [4.69, 9.17) is 4.74 Å². The van der Waals surface area contributed by atoms with Crippen LogP contribution in [0, 0.1) is 0 Å².